The van der Waals surface area contributed by atoms with Crippen molar-refractivity contribution in [3.05, 3.63) is 63.7 Å². The minimum absolute atomic E-state index is 0.116. The number of hydrogen-bond donors (Lipinski definition) is 3. The molecule has 3 atom stereocenters. The van der Waals surface area contributed by atoms with Gasteiger partial charge < -0.3 is 34.2 Å². The van der Waals surface area contributed by atoms with Crippen LogP contribution in [0.3, 0.4) is 0 Å². The number of nitro groups is 1. The molecule has 3 aromatic rings. The van der Waals surface area contributed by atoms with Crippen molar-refractivity contribution in [2.75, 3.05) is 67.3 Å². The number of benzene rings is 3. The van der Waals surface area contributed by atoms with Gasteiger partial charge in [-0.15, -0.1) is 11.6 Å². The Morgan fingerprint density at radius 3 is 2.57 bits per heavy atom. The van der Waals surface area contributed by atoms with Crippen LogP contribution in [0.1, 0.15) is 17.0 Å². The second-order valence-corrected chi connectivity index (χ2v) is 13.5. The smallest absolute Gasteiger partial charge is 0.469 e. The monoisotopic (exact) mass is 696 g/mol. The van der Waals surface area contributed by atoms with Crippen molar-refractivity contribution in [1.29, 1.82) is 0 Å². The third-order valence-corrected chi connectivity index (χ3v) is 9.48. The van der Waals surface area contributed by atoms with Crippen LogP contribution in [0.4, 0.5) is 22.7 Å². The van der Waals surface area contributed by atoms with Gasteiger partial charge in [-0.05, 0) is 67.0 Å². The minimum atomic E-state index is -4.90. The number of ether oxygens (including phenoxy) is 1. The number of carbonyl (C=O) groups excluding carboxylic acids is 1. The Balaban J connectivity index is 1.44. The largest absolute Gasteiger partial charge is 0.755 e. The molecular weight excluding hydrogens is 665 g/mol. The fourth-order valence-electron chi connectivity index (χ4n) is 5.82. The molecule has 5 rings (SSSR count). The van der Waals surface area contributed by atoms with Gasteiger partial charge in [-0.3, -0.25) is 27.9 Å². The number of alkyl halides is 1. The van der Waals surface area contributed by atoms with Crippen LogP contribution in [0.15, 0.2) is 42.5 Å². The predicted octanol–water partition coefficient (Wildman–Crippen LogP) is 3.10. The number of anilines is 3. The first kappa shape index (κ1) is 34.0. The SMILES string of the molecule is CN(C)CCOc1ccc2c(c1)CC(C(=O)N1CC(CCl)c3c1ccc1c([N+](=O)[O-])c(N(CCOP(=O)(O)O)S(=O)[O-])ccc31)N2. The van der Waals surface area contributed by atoms with Crippen LogP contribution in [-0.2, 0) is 31.6 Å². The first-order valence-electron chi connectivity index (χ1n) is 14.1. The average molecular weight is 697 g/mol. The second-order valence-electron chi connectivity index (χ2n) is 11.1. The minimum Gasteiger partial charge on any atom is -0.755 e. The van der Waals surface area contributed by atoms with Gasteiger partial charge in [0.05, 0.1) is 23.5 Å². The molecule has 18 heteroatoms. The van der Waals surface area contributed by atoms with Gasteiger partial charge in [0, 0.05) is 53.9 Å². The third kappa shape index (κ3) is 7.14. The molecule has 0 aromatic heterocycles. The highest BCUT2D eigenvalue weighted by atomic mass is 35.5. The molecular formula is C28H32ClN5O10PS-. The maximum absolute atomic E-state index is 13.9. The van der Waals surface area contributed by atoms with E-state index in [1.165, 1.54) is 18.2 Å². The molecule has 0 saturated carbocycles. The third-order valence-electron chi connectivity index (χ3n) is 7.84. The van der Waals surface area contributed by atoms with E-state index in [9.17, 15) is 28.2 Å². The Labute approximate surface area is 271 Å². The number of nitrogens with one attached hydrogen (secondary N) is 1. The summed E-state index contributed by atoms with van der Waals surface area (Å²) in [5.41, 5.74) is 2.11. The summed E-state index contributed by atoms with van der Waals surface area (Å²) >= 11 is 3.32. The number of nitro benzene ring substituents is 1. The zero-order valence-electron chi connectivity index (χ0n) is 24.8. The van der Waals surface area contributed by atoms with Gasteiger partial charge in [0.1, 0.15) is 24.1 Å². The Morgan fingerprint density at radius 2 is 1.91 bits per heavy atom. The quantitative estimate of drug-likeness (QED) is 0.0777. The zero-order valence-corrected chi connectivity index (χ0v) is 27.3. The maximum atomic E-state index is 13.9. The maximum Gasteiger partial charge on any atom is 0.469 e. The molecule has 0 saturated heterocycles. The second kappa shape index (κ2) is 13.8. The number of fused-ring (bicyclic) bond motifs is 4. The molecule has 0 aliphatic carbocycles. The van der Waals surface area contributed by atoms with Gasteiger partial charge in [0.2, 0.25) is 5.91 Å². The lowest BCUT2D eigenvalue weighted by molar-refractivity contribution is -0.382. The van der Waals surface area contributed by atoms with E-state index in [2.05, 4.69) is 9.84 Å². The van der Waals surface area contributed by atoms with Crippen LogP contribution >= 0.6 is 19.4 Å². The summed E-state index contributed by atoms with van der Waals surface area (Å²) in [6.07, 6.45) is 0.437. The predicted molar refractivity (Wildman–Crippen MR) is 172 cm³/mol. The first-order chi connectivity index (χ1) is 21.8. The van der Waals surface area contributed by atoms with E-state index in [4.69, 9.17) is 26.1 Å². The standard InChI is InChI=1S/C28H33ClN5O10PS/c1-31(2)9-11-43-19-3-6-22-17(13-19)14-23(30-22)28(35)32-16-18(15-29)26-20-4-8-25(27(34(36)37)21(20)5-7-24(26)32)33(46(41)42)10-12-44-45(38,39)40/h3-8,13,18,23,30H,9-12,14-16H2,1-2H3,(H,41,42)(H2,38,39,40)/p-1. The molecule has 0 radical (unpaired) electrons. The molecule has 0 bridgehead atoms. The molecule has 1 amide bonds. The van der Waals surface area contributed by atoms with Crippen LogP contribution in [-0.4, -0.2) is 93.1 Å². The molecule has 2 aliphatic rings. The van der Waals surface area contributed by atoms with Crippen LogP contribution in [0.5, 0.6) is 5.75 Å². The Morgan fingerprint density at radius 1 is 1.17 bits per heavy atom. The molecule has 0 spiro atoms. The van der Waals surface area contributed by atoms with Crippen molar-refractivity contribution in [1.82, 2.24) is 4.90 Å². The van der Waals surface area contributed by atoms with Crippen molar-refractivity contribution < 1.29 is 42.1 Å². The number of nitrogens with zero attached hydrogens (tertiary/aromatic N) is 4. The summed E-state index contributed by atoms with van der Waals surface area (Å²) in [5, 5.41) is 16.2. The number of rotatable bonds is 13. The van der Waals surface area contributed by atoms with Crippen LogP contribution in [0.2, 0.25) is 0 Å². The van der Waals surface area contributed by atoms with Gasteiger partial charge >= 0.3 is 13.5 Å². The number of carbonyl (C=O) groups is 1. The van der Waals surface area contributed by atoms with Crippen LogP contribution in [0, 0.1) is 10.1 Å². The van der Waals surface area contributed by atoms with Crippen molar-refractivity contribution in [3.8, 4) is 5.75 Å². The molecule has 0 fully saturated rings. The average Bonchev–Trinajstić information content (AvgIpc) is 3.59. The highest BCUT2D eigenvalue weighted by Crippen LogP contribution is 2.47. The molecule has 46 heavy (non-hydrogen) atoms. The molecule has 3 unspecified atom stereocenters. The zero-order chi connectivity index (χ0) is 33.3. The number of phosphoric acid groups is 1. The van der Waals surface area contributed by atoms with Gasteiger partial charge in [-0.2, -0.15) is 0 Å². The molecule has 248 valence electrons. The normalized spacial score (nSPS) is 17.9. The first-order valence-corrected chi connectivity index (χ1v) is 17.2. The van der Waals surface area contributed by atoms with Crippen LogP contribution in [0.25, 0.3) is 10.8 Å². The summed E-state index contributed by atoms with van der Waals surface area (Å²) in [6, 6.07) is 10.9. The van der Waals surface area contributed by atoms with Crippen molar-refractivity contribution in [2.24, 2.45) is 0 Å². The summed E-state index contributed by atoms with van der Waals surface area (Å²) < 4.78 is 45.9. The lowest BCUT2D eigenvalue weighted by atomic mass is 9.94. The van der Waals surface area contributed by atoms with E-state index in [1.807, 2.05) is 37.2 Å². The highest BCUT2D eigenvalue weighted by molar-refractivity contribution is 7.80. The van der Waals surface area contributed by atoms with Crippen molar-refractivity contribution >= 4 is 70.1 Å². The van der Waals surface area contributed by atoms with Gasteiger partial charge in [-0.25, -0.2) is 4.57 Å². The Bertz CT molecular complexity index is 1740. The van der Waals surface area contributed by atoms with E-state index in [1.54, 1.807) is 11.0 Å². The summed E-state index contributed by atoms with van der Waals surface area (Å²) in [5.74, 6) is 0.277. The van der Waals surface area contributed by atoms with Crippen molar-refractivity contribution in [3.63, 3.8) is 0 Å². The highest BCUT2D eigenvalue weighted by Gasteiger charge is 2.39. The van der Waals surface area contributed by atoms with E-state index in [0.717, 1.165) is 17.8 Å². The van der Waals surface area contributed by atoms with E-state index in [0.29, 0.717) is 39.7 Å². The van der Waals surface area contributed by atoms with Crippen molar-refractivity contribution in [2.45, 2.75) is 18.4 Å². The van der Waals surface area contributed by atoms with E-state index in [-0.39, 0.29) is 35.3 Å². The summed E-state index contributed by atoms with van der Waals surface area (Å²) in [4.78, 5) is 47.1. The number of phosphoric ester groups is 1. The summed E-state index contributed by atoms with van der Waals surface area (Å²) in [6.45, 7) is 0.225. The van der Waals surface area contributed by atoms with Gasteiger partial charge in [-0.1, -0.05) is 6.07 Å². The number of likely N-dealkylation sites (N-methyl/N-ethyl adjacent to an activating group) is 1. The molecule has 15 nitrogen and oxygen atoms in total. The lowest BCUT2D eigenvalue weighted by Crippen LogP contribution is -2.41. The topological polar surface area (TPSA) is 198 Å². The lowest BCUT2D eigenvalue weighted by Gasteiger charge is -2.26. The Kier molecular flexibility index (Phi) is 10.2. The molecule has 2 heterocycles. The molecule has 2 aliphatic heterocycles. The Hall–Kier alpha value is -3.34. The van der Waals surface area contributed by atoms with Gasteiger partial charge in [0.25, 0.3) is 0 Å². The number of halogens is 1. The fraction of sp³-hybridized carbons (Fsp3) is 0.393. The number of hydrogen-bond acceptors (Lipinski definition) is 10. The number of amides is 1. The summed E-state index contributed by atoms with van der Waals surface area (Å²) in [7, 11) is -0.979. The van der Waals surface area contributed by atoms with E-state index < -0.39 is 48.9 Å². The molecule has 3 N–H and O–H groups in total. The molecule has 3 aromatic carbocycles. The fourth-order valence-corrected chi connectivity index (χ4v) is 6.92. The van der Waals surface area contributed by atoms with Crippen LogP contribution < -0.4 is 19.3 Å². The van der Waals surface area contributed by atoms with Gasteiger partial charge in [0.15, 0.2) is 0 Å². The van der Waals surface area contributed by atoms with E-state index >= 15 is 0 Å².